The van der Waals surface area contributed by atoms with Gasteiger partial charge < -0.3 is 15.2 Å². The van der Waals surface area contributed by atoms with Crippen molar-refractivity contribution in [2.75, 3.05) is 7.11 Å². The molecule has 1 amide bonds. The number of esters is 1. The molecule has 2 aromatic rings. The Morgan fingerprint density at radius 1 is 1.09 bits per heavy atom. The smallest absolute Gasteiger partial charge is 0.342 e. The fourth-order valence-electron chi connectivity index (χ4n) is 1.97. The van der Waals surface area contributed by atoms with E-state index in [1.165, 1.54) is 7.11 Å². The van der Waals surface area contributed by atoms with E-state index in [0.29, 0.717) is 16.9 Å². The largest absolute Gasteiger partial charge is 0.496 e. The van der Waals surface area contributed by atoms with Crippen LogP contribution in [0.1, 0.15) is 31.8 Å². The first kappa shape index (κ1) is 15.6. The standard InChI is InChI=1S/C17H17NO4/c1-11-3-8-15(21-2)14(9-11)17(20)22-10-12-4-6-13(7-5-12)16(18)19/h3-9H,10H2,1-2H3,(H2,18,19). The summed E-state index contributed by atoms with van der Waals surface area (Å²) in [6, 6.07) is 11.9. The van der Waals surface area contributed by atoms with Crippen LogP contribution in [0.3, 0.4) is 0 Å². The summed E-state index contributed by atoms with van der Waals surface area (Å²) in [5.74, 6) is -0.479. The van der Waals surface area contributed by atoms with E-state index >= 15 is 0 Å². The highest BCUT2D eigenvalue weighted by molar-refractivity contribution is 5.93. The molecular formula is C17H17NO4. The number of primary amides is 1. The van der Waals surface area contributed by atoms with Gasteiger partial charge in [-0.15, -0.1) is 0 Å². The number of nitrogens with two attached hydrogens (primary N) is 1. The molecule has 2 N–H and O–H groups in total. The monoisotopic (exact) mass is 299 g/mol. The summed E-state index contributed by atoms with van der Waals surface area (Å²) >= 11 is 0. The fourth-order valence-corrected chi connectivity index (χ4v) is 1.97. The Labute approximate surface area is 128 Å². The molecule has 0 saturated carbocycles. The van der Waals surface area contributed by atoms with E-state index in [1.54, 1.807) is 36.4 Å². The van der Waals surface area contributed by atoms with Crippen LogP contribution in [0, 0.1) is 6.92 Å². The first-order valence-electron chi connectivity index (χ1n) is 6.72. The minimum absolute atomic E-state index is 0.106. The lowest BCUT2D eigenvalue weighted by Gasteiger charge is -2.10. The second-order valence-corrected chi connectivity index (χ2v) is 4.84. The minimum Gasteiger partial charge on any atom is -0.496 e. The van der Waals surface area contributed by atoms with E-state index in [1.807, 2.05) is 13.0 Å². The van der Waals surface area contributed by atoms with Crippen LogP contribution >= 0.6 is 0 Å². The molecule has 114 valence electrons. The van der Waals surface area contributed by atoms with Crippen molar-refractivity contribution in [2.45, 2.75) is 13.5 Å². The van der Waals surface area contributed by atoms with E-state index in [2.05, 4.69) is 0 Å². The van der Waals surface area contributed by atoms with Gasteiger partial charge in [0.1, 0.15) is 17.9 Å². The predicted molar refractivity (Wildman–Crippen MR) is 81.8 cm³/mol. The lowest BCUT2D eigenvalue weighted by molar-refractivity contribution is 0.0468. The SMILES string of the molecule is COc1ccc(C)cc1C(=O)OCc1ccc(C(N)=O)cc1. The maximum Gasteiger partial charge on any atom is 0.342 e. The Hall–Kier alpha value is -2.82. The quantitative estimate of drug-likeness (QED) is 0.860. The van der Waals surface area contributed by atoms with E-state index in [0.717, 1.165) is 11.1 Å². The van der Waals surface area contributed by atoms with Crippen LogP contribution in [0.15, 0.2) is 42.5 Å². The van der Waals surface area contributed by atoms with E-state index < -0.39 is 11.9 Å². The van der Waals surface area contributed by atoms with Gasteiger partial charge in [0.05, 0.1) is 7.11 Å². The highest BCUT2D eigenvalue weighted by atomic mass is 16.5. The number of carbonyl (C=O) groups is 2. The topological polar surface area (TPSA) is 78.6 Å². The zero-order valence-corrected chi connectivity index (χ0v) is 12.5. The van der Waals surface area contributed by atoms with Crippen molar-refractivity contribution < 1.29 is 19.1 Å². The third kappa shape index (κ3) is 3.63. The Bertz CT molecular complexity index is 692. The van der Waals surface area contributed by atoms with Gasteiger partial charge >= 0.3 is 5.97 Å². The van der Waals surface area contributed by atoms with Crippen LogP contribution < -0.4 is 10.5 Å². The average Bonchev–Trinajstić information content (AvgIpc) is 2.53. The molecule has 0 saturated heterocycles. The fraction of sp³-hybridized carbons (Fsp3) is 0.176. The zero-order valence-electron chi connectivity index (χ0n) is 12.5. The summed E-state index contributed by atoms with van der Waals surface area (Å²) in [5.41, 5.74) is 7.68. The molecule has 0 aliphatic rings. The van der Waals surface area contributed by atoms with Crippen molar-refractivity contribution >= 4 is 11.9 Å². The van der Waals surface area contributed by atoms with Gasteiger partial charge in [0.15, 0.2) is 0 Å². The first-order chi connectivity index (χ1) is 10.5. The van der Waals surface area contributed by atoms with Gasteiger partial charge in [0, 0.05) is 5.56 Å². The number of hydrogen-bond donors (Lipinski definition) is 1. The second kappa shape index (κ2) is 6.76. The highest BCUT2D eigenvalue weighted by Gasteiger charge is 2.14. The molecular weight excluding hydrogens is 282 g/mol. The predicted octanol–water partition coefficient (Wildman–Crippen LogP) is 2.46. The number of benzene rings is 2. The molecule has 0 aromatic heterocycles. The molecule has 0 aliphatic heterocycles. The molecule has 0 bridgehead atoms. The van der Waals surface area contributed by atoms with Gasteiger partial charge in [-0.2, -0.15) is 0 Å². The number of amides is 1. The van der Waals surface area contributed by atoms with Crippen molar-refractivity contribution in [1.82, 2.24) is 0 Å². The van der Waals surface area contributed by atoms with Crippen molar-refractivity contribution in [2.24, 2.45) is 5.73 Å². The van der Waals surface area contributed by atoms with Gasteiger partial charge in [-0.1, -0.05) is 23.8 Å². The van der Waals surface area contributed by atoms with E-state index in [-0.39, 0.29) is 6.61 Å². The van der Waals surface area contributed by atoms with Crippen LogP contribution in [0.4, 0.5) is 0 Å². The second-order valence-electron chi connectivity index (χ2n) is 4.84. The molecule has 5 heteroatoms. The van der Waals surface area contributed by atoms with E-state index in [9.17, 15) is 9.59 Å². The van der Waals surface area contributed by atoms with Gasteiger partial charge in [-0.3, -0.25) is 4.79 Å². The summed E-state index contributed by atoms with van der Waals surface area (Å²) in [6.07, 6.45) is 0. The Morgan fingerprint density at radius 3 is 2.36 bits per heavy atom. The molecule has 0 unspecified atom stereocenters. The van der Waals surface area contributed by atoms with Gasteiger partial charge in [-0.05, 0) is 36.8 Å². The number of aryl methyl sites for hydroxylation is 1. The molecule has 0 radical (unpaired) electrons. The minimum atomic E-state index is -0.493. The normalized spacial score (nSPS) is 10.1. The first-order valence-corrected chi connectivity index (χ1v) is 6.72. The molecule has 0 atom stereocenters. The number of carbonyl (C=O) groups excluding carboxylic acids is 2. The summed E-state index contributed by atoms with van der Waals surface area (Å²) < 4.78 is 10.4. The third-order valence-electron chi connectivity index (χ3n) is 3.18. The summed E-state index contributed by atoms with van der Waals surface area (Å²) in [5, 5.41) is 0. The van der Waals surface area contributed by atoms with Crippen molar-refractivity contribution in [3.63, 3.8) is 0 Å². The van der Waals surface area contributed by atoms with Crippen LogP contribution in [-0.4, -0.2) is 19.0 Å². The molecule has 2 rings (SSSR count). The van der Waals surface area contributed by atoms with E-state index in [4.69, 9.17) is 15.2 Å². The molecule has 0 aliphatic carbocycles. The maximum absolute atomic E-state index is 12.1. The van der Waals surface area contributed by atoms with Crippen LogP contribution in [0.25, 0.3) is 0 Å². The van der Waals surface area contributed by atoms with Crippen molar-refractivity contribution in [3.05, 3.63) is 64.7 Å². The summed E-state index contributed by atoms with van der Waals surface area (Å²) in [6.45, 7) is 1.99. The molecule has 2 aromatic carbocycles. The third-order valence-corrected chi connectivity index (χ3v) is 3.18. The van der Waals surface area contributed by atoms with Crippen molar-refractivity contribution in [3.8, 4) is 5.75 Å². The summed E-state index contributed by atoms with van der Waals surface area (Å²) in [4.78, 5) is 23.1. The molecule has 5 nitrogen and oxygen atoms in total. The lowest BCUT2D eigenvalue weighted by atomic mass is 10.1. The summed E-state index contributed by atoms with van der Waals surface area (Å²) in [7, 11) is 1.50. The number of methoxy groups -OCH3 is 1. The van der Waals surface area contributed by atoms with Gasteiger partial charge in [-0.25, -0.2) is 4.79 Å². The molecule has 0 heterocycles. The Balaban J connectivity index is 2.06. The van der Waals surface area contributed by atoms with Crippen molar-refractivity contribution in [1.29, 1.82) is 0 Å². The highest BCUT2D eigenvalue weighted by Crippen LogP contribution is 2.21. The molecule has 0 spiro atoms. The zero-order chi connectivity index (χ0) is 16.1. The number of hydrogen-bond acceptors (Lipinski definition) is 4. The molecule has 22 heavy (non-hydrogen) atoms. The van der Waals surface area contributed by atoms with Crippen LogP contribution in [0.5, 0.6) is 5.75 Å². The average molecular weight is 299 g/mol. The van der Waals surface area contributed by atoms with Crippen LogP contribution in [0.2, 0.25) is 0 Å². The number of ether oxygens (including phenoxy) is 2. The van der Waals surface area contributed by atoms with Crippen LogP contribution in [-0.2, 0) is 11.3 Å². The lowest BCUT2D eigenvalue weighted by Crippen LogP contribution is -2.11. The Morgan fingerprint density at radius 2 is 1.77 bits per heavy atom. The molecule has 0 fully saturated rings. The van der Waals surface area contributed by atoms with Gasteiger partial charge in [0.2, 0.25) is 5.91 Å². The van der Waals surface area contributed by atoms with Gasteiger partial charge in [0.25, 0.3) is 0 Å². The maximum atomic E-state index is 12.1. The number of rotatable bonds is 5. The Kier molecular flexibility index (Phi) is 4.78.